The average Bonchev–Trinajstić information content (AvgIpc) is 2.30. The van der Waals surface area contributed by atoms with Crippen LogP contribution in [0.3, 0.4) is 0 Å². The first-order chi connectivity index (χ1) is 7.68. The number of nitrogens with zero attached hydrogens (tertiary/aromatic N) is 2. The zero-order valence-corrected chi connectivity index (χ0v) is 9.76. The van der Waals surface area contributed by atoms with E-state index >= 15 is 0 Å². The van der Waals surface area contributed by atoms with Crippen molar-refractivity contribution in [2.24, 2.45) is 0 Å². The van der Waals surface area contributed by atoms with Crippen molar-refractivity contribution in [2.45, 2.75) is 24.9 Å². The Hall–Kier alpha value is -0.650. The highest BCUT2D eigenvalue weighted by Gasteiger charge is 2.35. The first kappa shape index (κ1) is 11.8. The summed E-state index contributed by atoms with van der Waals surface area (Å²) in [5.41, 5.74) is 0. The standard InChI is InChI=1S/C11H20N2O3/c1-12-4-2-9(3-5-12)13-6-7-16-8-10(13)11(14)15/h9-10H,2-8H2,1H3,(H,14,15). The molecular formula is C11H20N2O3. The third kappa shape index (κ3) is 2.53. The largest absolute Gasteiger partial charge is 0.480 e. The van der Waals surface area contributed by atoms with Crippen LogP contribution in [0.25, 0.3) is 0 Å². The van der Waals surface area contributed by atoms with Gasteiger partial charge in [-0.15, -0.1) is 0 Å². The second kappa shape index (κ2) is 5.12. The number of morpholine rings is 1. The lowest BCUT2D eigenvalue weighted by Crippen LogP contribution is -2.56. The molecule has 5 heteroatoms. The van der Waals surface area contributed by atoms with E-state index in [2.05, 4.69) is 16.8 Å². The van der Waals surface area contributed by atoms with Gasteiger partial charge in [0.15, 0.2) is 0 Å². The molecule has 0 saturated carbocycles. The van der Waals surface area contributed by atoms with Crippen molar-refractivity contribution in [3.05, 3.63) is 0 Å². The molecule has 2 rings (SSSR count). The fourth-order valence-corrected chi connectivity index (χ4v) is 2.59. The van der Waals surface area contributed by atoms with E-state index in [9.17, 15) is 4.79 Å². The maximum absolute atomic E-state index is 11.1. The van der Waals surface area contributed by atoms with Gasteiger partial charge in [-0.05, 0) is 33.0 Å². The summed E-state index contributed by atoms with van der Waals surface area (Å²) in [7, 11) is 2.12. The molecule has 2 aliphatic heterocycles. The molecule has 2 saturated heterocycles. The second-order valence-corrected chi connectivity index (χ2v) is 4.70. The normalized spacial score (nSPS) is 30.4. The number of hydrogen-bond acceptors (Lipinski definition) is 4. The summed E-state index contributed by atoms with van der Waals surface area (Å²) in [5, 5.41) is 9.16. The van der Waals surface area contributed by atoms with Gasteiger partial charge in [-0.3, -0.25) is 9.69 Å². The van der Waals surface area contributed by atoms with Gasteiger partial charge in [0.2, 0.25) is 0 Å². The number of rotatable bonds is 2. The predicted molar refractivity (Wildman–Crippen MR) is 59.5 cm³/mol. The number of carboxylic acid groups (broad SMARTS) is 1. The molecule has 1 N–H and O–H groups in total. The molecule has 0 radical (unpaired) electrons. The summed E-state index contributed by atoms with van der Waals surface area (Å²) in [5.74, 6) is -0.751. The van der Waals surface area contributed by atoms with Gasteiger partial charge in [0.1, 0.15) is 6.04 Å². The highest BCUT2D eigenvalue weighted by atomic mass is 16.5. The summed E-state index contributed by atoms with van der Waals surface area (Å²) in [6, 6.07) is -0.0247. The molecule has 0 bridgehead atoms. The van der Waals surface area contributed by atoms with Crippen LogP contribution in [-0.2, 0) is 9.53 Å². The number of aliphatic carboxylic acids is 1. The Kier molecular flexibility index (Phi) is 3.78. The van der Waals surface area contributed by atoms with E-state index in [4.69, 9.17) is 9.84 Å². The Balaban J connectivity index is 1.97. The van der Waals surface area contributed by atoms with Crippen LogP contribution in [0.5, 0.6) is 0 Å². The summed E-state index contributed by atoms with van der Waals surface area (Å²) in [4.78, 5) is 15.6. The zero-order chi connectivity index (χ0) is 11.5. The predicted octanol–water partition coefficient (Wildman–Crippen LogP) is -0.134. The molecule has 2 aliphatic rings. The number of carbonyl (C=O) groups is 1. The van der Waals surface area contributed by atoms with E-state index in [1.807, 2.05) is 0 Å². The van der Waals surface area contributed by atoms with Gasteiger partial charge < -0.3 is 14.7 Å². The third-order valence-electron chi connectivity index (χ3n) is 3.61. The number of ether oxygens (including phenoxy) is 1. The minimum atomic E-state index is -0.751. The van der Waals surface area contributed by atoms with Crippen molar-refractivity contribution in [3.63, 3.8) is 0 Å². The van der Waals surface area contributed by atoms with Crippen LogP contribution < -0.4 is 0 Å². The van der Waals surface area contributed by atoms with E-state index in [0.717, 1.165) is 32.5 Å². The van der Waals surface area contributed by atoms with Crippen molar-refractivity contribution >= 4 is 5.97 Å². The number of likely N-dealkylation sites (tertiary alicyclic amines) is 1. The van der Waals surface area contributed by atoms with E-state index in [-0.39, 0.29) is 0 Å². The van der Waals surface area contributed by atoms with Crippen LogP contribution in [0, 0.1) is 0 Å². The van der Waals surface area contributed by atoms with E-state index < -0.39 is 12.0 Å². The minimum Gasteiger partial charge on any atom is -0.480 e. The summed E-state index contributed by atoms with van der Waals surface area (Å²) >= 11 is 0. The van der Waals surface area contributed by atoms with Crippen LogP contribution in [-0.4, -0.2) is 72.9 Å². The molecule has 0 spiro atoms. The third-order valence-corrected chi connectivity index (χ3v) is 3.61. The van der Waals surface area contributed by atoms with E-state index in [1.165, 1.54) is 0 Å². The molecule has 1 atom stereocenters. The molecule has 16 heavy (non-hydrogen) atoms. The number of piperidine rings is 1. The average molecular weight is 228 g/mol. The maximum Gasteiger partial charge on any atom is 0.323 e. The van der Waals surface area contributed by atoms with Crippen molar-refractivity contribution in [1.29, 1.82) is 0 Å². The van der Waals surface area contributed by atoms with Crippen LogP contribution >= 0.6 is 0 Å². The summed E-state index contributed by atoms with van der Waals surface area (Å²) in [6.07, 6.45) is 2.14. The van der Waals surface area contributed by atoms with Crippen LogP contribution in [0.1, 0.15) is 12.8 Å². The first-order valence-corrected chi connectivity index (χ1v) is 5.93. The molecular weight excluding hydrogens is 208 g/mol. The quantitative estimate of drug-likeness (QED) is 0.713. The van der Waals surface area contributed by atoms with Crippen molar-refractivity contribution < 1.29 is 14.6 Å². The van der Waals surface area contributed by atoms with Gasteiger partial charge in [0.25, 0.3) is 0 Å². The first-order valence-electron chi connectivity index (χ1n) is 5.93. The molecule has 2 fully saturated rings. The fraction of sp³-hybridized carbons (Fsp3) is 0.909. The lowest BCUT2D eigenvalue weighted by molar-refractivity contribution is -0.152. The lowest BCUT2D eigenvalue weighted by Gasteiger charge is -2.42. The lowest BCUT2D eigenvalue weighted by atomic mass is 10.0. The van der Waals surface area contributed by atoms with Gasteiger partial charge >= 0.3 is 5.97 Å². The monoisotopic (exact) mass is 228 g/mol. The number of carboxylic acids is 1. The molecule has 0 aromatic rings. The van der Waals surface area contributed by atoms with Crippen LogP contribution in [0.2, 0.25) is 0 Å². The Morgan fingerprint density at radius 2 is 2.00 bits per heavy atom. The Bertz CT molecular complexity index is 252. The van der Waals surface area contributed by atoms with Gasteiger partial charge in [0.05, 0.1) is 13.2 Å². The smallest absolute Gasteiger partial charge is 0.323 e. The Morgan fingerprint density at radius 1 is 1.31 bits per heavy atom. The van der Waals surface area contributed by atoms with Crippen molar-refractivity contribution in [1.82, 2.24) is 9.80 Å². The molecule has 0 amide bonds. The molecule has 5 nitrogen and oxygen atoms in total. The fourth-order valence-electron chi connectivity index (χ4n) is 2.59. The highest BCUT2D eigenvalue weighted by molar-refractivity contribution is 5.73. The molecule has 0 aromatic carbocycles. The van der Waals surface area contributed by atoms with E-state index in [1.54, 1.807) is 0 Å². The second-order valence-electron chi connectivity index (χ2n) is 4.70. The molecule has 92 valence electrons. The zero-order valence-electron chi connectivity index (χ0n) is 9.76. The Morgan fingerprint density at radius 3 is 2.62 bits per heavy atom. The Labute approximate surface area is 96.0 Å². The van der Waals surface area contributed by atoms with Gasteiger partial charge in [0, 0.05) is 12.6 Å². The molecule has 2 heterocycles. The summed E-state index contributed by atoms with van der Waals surface area (Å²) < 4.78 is 5.25. The molecule has 0 aromatic heterocycles. The molecule has 1 unspecified atom stereocenters. The SMILES string of the molecule is CN1CCC(N2CCOCC2C(=O)O)CC1. The van der Waals surface area contributed by atoms with Crippen molar-refractivity contribution in [2.75, 3.05) is 39.9 Å². The highest BCUT2D eigenvalue weighted by Crippen LogP contribution is 2.20. The number of hydrogen-bond donors (Lipinski definition) is 1. The van der Waals surface area contributed by atoms with Crippen LogP contribution in [0.4, 0.5) is 0 Å². The van der Waals surface area contributed by atoms with Gasteiger partial charge in [-0.1, -0.05) is 0 Å². The van der Waals surface area contributed by atoms with Gasteiger partial charge in [-0.2, -0.15) is 0 Å². The van der Waals surface area contributed by atoms with Crippen LogP contribution in [0.15, 0.2) is 0 Å². The maximum atomic E-state index is 11.1. The van der Waals surface area contributed by atoms with Crippen molar-refractivity contribution in [3.8, 4) is 0 Å². The minimum absolute atomic E-state index is 0.335. The van der Waals surface area contributed by atoms with E-state index in [0.29, 0.717) is 19.3 Å². The topological polar surface area (TPSA) is 53.0 Å². The van der Waals surface area contributed by atoms with Gasteiger partial charge in [-0.25, -0.2) is 0 Å². The summed E-state index contributed by atoms with van der Waals surface area (Å²) in [6.45, 7) is 3.88. The molecule has 0 aliphatic carbocycles.